The molecule has 1 aliphatic carbocycles. The van der Waals surface area contributed by atoms with Crippen molar-refractivity contribution in [3.05, 3.63) is 41.6 Å². The molecule has 0 radical (unpaired) electrons. The SMILES string of the molecule is Cn1cc(CN2CCC(C(=O)N3CCCC3)CC2)c(-c2ccc(C3CCCCC3)cc2)n1. The fourth-order valence-corrected chi connectivity index (χ4v) is 6.02. The van der Waals surface area contributed by atoms with Gasteiger partial charge in [0, 0.05) is 49.9 Å². The maximum atomic E-state index is 12.7. The number of benzene rings is 1. The molecule has 0 atom stereocenters. The fraction of sp³-hybridized carbons (Fsp3) is 0.630. The van der Waals surface area contributed by atoms with E-state index in [1.807, 2.05) is 11.7 Å². The van der Waals surface area contributed by atoms with Crippen molar-refractivity contribution in [3.8, 4) is 11.3 Å². The van der Waals surface area contributed by atoms with Gasteiger partial charge >= 0.3 is 0 Å². The van der Waals surface area contributed by atoms with E-state index < -0.39 is 0 Å². The minimum atomic E-state index is 0.227. The van der Waals surface area contributed by atoms with Crippen LogP contribution >= 0.6 is 0 Å². The Bertz CT molecular complexity index is 898. The largest absolute Gasteiger partial charge is 0.342 e. The molecular formula is C27H38N4O. The zero-order valence-electron chi connectivity index (χ0n) is 19.6. The molecule has 5 nitrogen and oxygen atoms in total. The lowest BCUT2D eigenvalue weighted by Crippen LogP contribution is -2.41. The average Bonchev–Trinajstić information content (AvgIpc) is 3.50. The highest BCUT2D eigenvalue weighted by Crippen LogP contribution is 2.34. The van der Waals surface area contributed by atoms with Crippen molar-refractivity contribution in [1.82, 2.24) is 19.6 Å². The molecule has 3 heterocycles. The number of rotatable bonds is 5. The molecule has 2 aromatic rings. The van der Waals surface area contributed by atoms with E-state index in [0.717, 1.165) is 57.2 Å². The Morgan fingerprint density at radius 1 is 0.906 bits per heavy atom. The standard InChI is InChI=1S/C27H38N4O/c1-29-19-25(20-30-17-13-24(14-18-30)27(32)31-15-5-6-16-31)26(28-29)23-11-9-22(10-12-23)21-7-3-2-4-8-21/h9-12,19,21,24H,2-8,13-18,20H2,1H3. The maximum Gasteiger partial charge on any atom is 0.225 e. The quantitative estimate of drug-likeness (QED) is 0.667. The molecule has 5 heteroatoms. The predicted octanol–water partition coefficient (Wildman–Crippen LogP) is 4.97. The third-order valence-corrected chi connectivity index (χ3v) is 7.91. The molecule has 2 aliphatic heterocycles. The molecule has 3 aliphatic rings. The molecule has 1 amide bonds. The van der Waals surface area contributed by atoms with E-state index in [0.29, 0.717) is 5.91 Å². The van der Waals surface area contributed by atoms with E-state index in [4.69, 9.17) is 5.10 Å². The lowest BCUT2D eigenvalue weighted by molar-refractivity contribution is -0.136. The Morgan fingerprint density at radius 2 is 1.59 bits per heavy atom. The number of aromatic nitrogens is 2. The summed E-state index contributed by atoms with van der Waals surface area (Å²) in [6.45, 7) is 4.85. The first kappa shape index (κ1) is 21.7. The summed E-state index contributed by atoms with van der Waals surface area (Å²) in [5.74, 6) is 1.37. The maximum absolute atomic E-state index is 12.7. The average molecular weight is 435 g/mol. The van der Waals surface area contributed by atoms with Gasteiger partial charge in [0.2, 0.25) is 5.91 Å². The van der Waals surface area contributed by atoms with E-state index in [1.165, 1.54) is 61.6 Å². The number of hydrogen-bond donors (Lipinski definition) is 0. The summed E-state index contributed by atoms with van der Waals surface area (Å²) in [6.07, 6.45) is 13.3. The Labute approximate surface area is 192 Å². The van der Waals surface area contributed by atoms with Crippen LogP contribution in [0, 0.1) is 5.92 Å². The van der Waals surface area contributed by atoms with Crippen LogP contribution < -0.4 is 0 Å². The molecule has 1 saturated carbocycles. The van der Waals surface area contributed by atoms with Crippen LogP contribution in [0.5, 0.6) is 0 Å². The first-order chi connectivity index (χ1) is 15.7. The van der Waals surface area contributed by atoms with E-state index >= 15 is 0 Å². The van der Waals surface area contributed by atoms with Gasteiger partial charge in [-0.05, 0) is 63.1 Å². The van der Waals surface area contributed by atoms with Crippen molar-refractivity contribution < 1.29 is 4.79 Å². The van der Waals surface area contributed by atoms with Gasteiger partial charge in [-0.1, -0.05) is 43.5 Å². The van der Waals surface area contributed by atoms with Crippen LogP contribution in [-0.4, -0.2) is 51.7 Å². The second kappa shape index (κ2) is 9.78. The van der Waals surface area contributed by atoms with Crippen LogP contribution in [0.15, 0.2) is 30.5 Å². The van der Waals surface area contributed by atoms with Crippen molar-refractivity contribution in [3.63, 3.8) is 0 Å². The summed E-state index contributed by atoms with van der Waals surface area (Å²) in [5, 5.41) is 4.81. The van der Waals surface area contributed by atoms with Crippen LogP contribution in [0.25, 0.3) is 11.3 Å². The van der Waals surface area contributed by atoms with Crippen molar-refractivity contribution in [2.45, 2.75) is 70.3 Å². The van der Waals surface area contributed by atoms with E-state index in [-0.39, 0.29) is 5.92 Å². The summed E-state index contributed by atoms with van der Waals surface area (Å²) >= 11 is 0. The van der Waals surface area contributed by atoms with Gasteiger partial charge in [0.25, 0.3) is 0 Å². The van der Waals surface area contributed by atoms with Gasteiger partial charge in [0.1, 0.15) is 0 Å². The highest BCUT2D eigenvalue weighted by Gasteiger charge is 2.30. The van der Waals surface area contributed by atoms with Crippen molar-refractivity contribution in [1.29, 1.82) is 0 Å². The van der Waals surface area contributed by atoms with Crippen LogP contribution in [0.4, 0.5) is 0 Å². The molecule has 0 unspecified atom stereocenters. The number of nitrogens with zero attached hydrogens (tertiary/aromatic N) is 4. The number of hydrogen-bond acceptors (Lipinski definition) is 3. The first-order valence-electron chi connectivity index (χ1n) is 12.8. The van der Waals surface area contributed by atoms with E-state index in [2.05, 4.69) is 40.3 Å². The molecule has 172 valence electrons. The summed E-state index contributed by atoms with van der Waals surface area (Å²) < 4.78 is 1.95. The van der Waals surface area contributed by atoms with Crippen LogP contribution in [0.3, 0.4) is 0 Å². The Hall–Kier alpha value is -2.14. The van der Waals surface area contributed by atoms with Crippen molar-refractivity contribution in [2.75, 3.05) is 26.2 Å². The molecule has 0 bridgehead atoms. The topological polar surface area (TPSA) is 41.4 Å². The fourth-order valence-electron chi connectivity index (χ4n) is 6.02. The molecule has 5 rings (SSSR count). The van der Waals surface area contributed by atoms with Gasteiger partial charge in [-0.3, -0.25) is 14.4 Å². The summed E-state index contributed by atoms with van der Waals surface area (Å²) in [6, 6.07) is 9.21. The molecule has 1 aromatic heterocycles. The summed E-state index contributed by atoms with van der Waals surface area (Å²) in [4.78, 5) is 17.3. The molecule has 1 aromatic carbocycles. The highest BCUT2D eigenvalue weighted by molar-refractivity contribution is 5.79. The van der Waals surface area contributed by atoms with Crippen molar-refractivity contribution >= 4 is 5.91 Å². The third-order valence-electron chi connectivity index (χ3n) is 7.91. The van der Waals surface area contributed by atoms with E-state index in [1.54, 1.807) is 0 Å². The van der Waals surface area contributed by atoms with Gasteiger partial charge in [-0.2, -0.15) is 5.10 Å². The first-order valence-corrected chi connectivity index (χ1v) is 12.8. The zero-order chi connectivity index (χ0) is 21.9. The molecule has 2 saturated heterocycles. The van der Waals surface area contributed by atoms with Crippen LogP contribution in [-0.2, 0) is 18.4 Å². The minimum absolute atomic E-state index is 0.227. The predicted molar refractivity (Wildman–Crippen MR) is 128 cm³/mol. The minimum Gasteiger partial charge on any atom is -0.342 e. The summed E-state index contributed by atoms with van der Waals surface area (Å²) in [5.41, 5.74) is 5.12. The molecule has 0 spiro atoms. The Kier molecular flexibility index (Phi) is 6.63. The van der Waals surface area contributed by atoms with Crippen LogP contribution in [0.2, 0.25) is 0 Å². The van der Waals surface area contributed by atoms with Gasteiger partial charge < -0.3 is 4.90 Å². The Balaban J connectivity index is 1.22. The van der Waals surface area contributed by atoms with Crippen LogP contribution in [0.1, 0.15) is 74.8 Å². The smallest absolute Gasteiger partial charge is 0.225 e. The number of amides is 1. The molecule has 32 heavy (non-hydrogen) atoms. The number of carbonyl (C=O) groups is 1. The highest BCUT2D eigenvalue weighted by atomic mass is 16.2. The molecule has 3 fully saturated rings. The molecule has 0 N–H and O–H groups in total. The second-order valence-electron chi connectivity index (χ2n) is 10.2. The summed E-state index contributed by atoms with van der Waals surface area (Å²) in [7, 11) is 2.02. The third kappa shape index (κ3) is 4.78. The number of carbonyl (C=O) groups excluding carboxylic acids is 1. The van der Waals surface area contributed by atoms with Gasteiger partial charge in [-0.25, -0.2) is 0 Å². The van der Waals surface area contributed by atoms with Gasteiger partial charge in [0.15, 0.2) is 0 Å². The van der Waals surface area contributed by atoms with Gasteiger partial charge in [0.05, 0.1) is 5.69 Å². The molecular weight excluding hydrogens is 396 g/mol. The van der Waals surface area contributed by atoms with Crippen molar-refractivity contribution in [2.24, 2.45) is 13.0 Å². The van der Waals surface area contributed by atoms with E-state index in [9.17, 15) is 4.79 Å². The Morgan fingerprint density at radius 3 is 2.28 bits per heavy atom. The number of likely N-dealkylation sites (tertiary alicyclic amines) is 2. The number of piperidine rings is 1. The number of aryl methyl sites for hydroxylation is 1. The lowest BCUT2D eigenvalue weighted by atomic mass is 9.84. The lowest BCUT2D eigenvalue weighted by Gasteiger charge is -2.33. The van der Waals surface area contributed by atoms with Gasteiger partial charge in [-0.15, -0.1) is 0 Å². The zero-order valence-corrected chi connectivity index (χ0v) is 19.6. The second-order valence-corrected chi connectivity index (χ2v) is 10.2. The normalized spacial score (nSPS) is 21.3. The monoisotopic (exact) mass is 434 g/mol.